The van der Waals surface area contributed by atoms with Gasteiger partial charge in [-0.05, 0) is 61.4 Å². The summed E-state index contributed by atoms with van der Waals surface area (Å²) < 4.78 is 12.1. The monoisotopic (exact) mass is 355 g/mol. The Balaban J connectivity index is 2.13. The van der Waals surface area contributed by atoms with Crippen LogP contribution in [0.2, 0.25) is 0 Å². The second-order valence-electron chi connectivity index (χ2n) is 5.92. The first kappa shape index (κ1) is 16.8. The average Bonchev–Trinajstić information content (AvgIpc) is 2.51. The van der Waals surface area contributed by atoms with Gasteiger partial charge >= 0.3 is 0 Å². The number of methoxy groups -OCH3 is 1. The highest BCUT2D eigenvalue weighted by atomic mass is 79.9. The third-order valence-electron chi connectivity index (χ3n) is 4.30. The molecule has 1 N–H and O–H groups in total. The number of nitrogens with one attached hydrogen (secondary N) is 1. The number of halogens is 1. The Morgan fingerprint density at radius 2 is 2.10 bits per heavy atom. The molecule has 1 saturated heterocycles. The average molecular weight is 356 g/mol. The molecule has 4 heteroatoms. The Labute approximate surface area is 136 Å². The van der Waals surface area contributed by atoms with Crippen LogP contribution in [0.15, 0.2) is 22.7 Å². The summed E-state index contributed by atoms with van der Waals surface area (Å²) in [5.41, 5.74) is 1.62. The first-order valence-electron chi connectivity index (χ1n) is 7.80. The van der Waals surface area contributed by atoms with Crippen molar-refractivity contribution in [2.24, 2.45) is 5.41 Å². The van der Waals surface area contributed by atoms with Gasteiger partial charge in [0.25, 0.3) is 0 Å². The highest BCUT2D eigenvalue weighted by Gasteiger charge is 2.33. The van der Waals surface area contributed by atoms with Crippen LogP contribution in [0.5, 0.6) is 5.75 Å². The van der Waals surface area contributed by atoms with E-state index < -0.39 is 0 Å². The van der Waals surface area contributed by atoms with E-state index in [2.05, 4.69) is 40.3 Å². The zero-order valence-electron chi connectivity index (χ0n) is 13.1. The van der Waals surface area contributed by atoms with Crippen molar-refractivity contribution in [3.63, 3.8) is 0 Å². The quantitative estimate of drug-likeness (QED) is 0.754. The Hall–Kier alpha value is -0.580. The van der Waals surface area contributed by atoms with Crippen molar-refractivity contribution < 1.29 is 9.47 Å². The minimum atomic E-state index is 0.294. The predicted molar refractivity (Wildman–Crippen MR) is 90.0 cm³/mol. The van der Waals surface area contributed by atoms with Gasteiger partial charge in [0, 0.05) is 24.2 Å². The topological polar surface area (TPSA) is 30.5 Å². The molecule has 118 valence electrons. The molecular formula is C17H26BrNO2. The van der Waals surface area contributed by atoms with Gasteiger partial charge in [0.2, 0.25) is 0 Å². The van der Waals surface area contributed by atoms with E-state index in [0.29, 0.717) is 5.41 Å². The van der Waals surface area contributed by atoms with Gasteiger partial charge in [-0.3, -0.25) is 0 Å². The number of ether oxygens (including phenoxy) is 2. The van der Waals surface area contributed by atoms with Crippen LogP contribution in [0.25, 0.3) is 0 Å². The Bertz CT molecular complexity index is 444. The summed E-state index contributed by atoms with van der Waals surface area (Å²) in [7, 11) is 1.72. The SMILES string of the molecule is CCCNCC1(Cc2cc(OC)ccc2Br)CCOCC1. The summed E-state index contributed by atoms with van der Waals surface area (Å²) in [5, 5.41) is 3.61. The third-order valence-corrected chi connectivity index (χ3v) is 5.07. The minimum absolute atomic E-state index is 0.294. The molecule has 21 heavy (non-hydrogen) atoms. The molecule has 0 atom stereocenters. The van der Waals surface area contributed by atoms with Crippen molar-refractivity contribution in [2.75, 3.05) is 33.4 Å². The van der Waals surface area contributed by atoms with Gasteiger partial charge in [-0.2, -0.15) is 0 Å². The van der Waals surface area contributed by atoms with Crippen LogP contribution < -0.4 is 10.1 Å². The zero-order chi connectivity index (χ0) is 15.1. The van der Waals surface area contributed by atoms with E-state index in [1.165, 1.54) is 16.5 Å². The molecule has 1 aromatic rings. The normalized spacial score (nSPS) is 17.7. The van der Waals surface area contributed by atoms with Gasteiger partial charge in [-0.25, -0.2) is 0 Å². The van der Waals surface area contributed by atoms with Crippen LogP contribution in [-0.2, 0) is 11.2 Å². The van der Waals surface area contributed by atoms with Crippen LogP contribution in [0.4, 0.5) is 0 Å². The Morgan fingerprint density at radius 1 is 1.33 bits per heavy atom. The molecule has 1 aliphatic heterocycles. The molecule has 1 aliphatic rings. The molecule has 0 unspecified atom stereocenters. The van der Waals surface area contributed by atoms with E-state index in [-0.39, 0.29) is 0 Å². The lowest BCUT2D eigenvalue weighted by atomic mass is 9.75. The number of rotatable bonds is 7. The maximum Gasteiger partial charge on any atom is 0.119 e. The minimum Gasteiger partial charge on any atom is -0.497 e. The summed E-state index contributed by atoms with van der Waals surface area (Å²) in [6.45, 7) is 6.10. The van der Waals surface area contributed by atoms with Crippen molar-refractivity contribution in [3.05, 3.63) is 28.2 Å². The largest absolute Gasteiger partial charge is 0.497 e. The van der Waals surface area contributed by atoms with Crippen LogP contribution >= 0.6 is 15.9 Å². The molecule has 0 bridgehead atoms. The molecule has 0 aliphatic carbocycles. The fourth-order valence-electron chi connectivity index (χ4n) is 2.97. The molecule has 0 amide bonds. The first-order valence-corrected chi connectivity index (χ1v) is 8.59. The molecule has 3 nitrogen and oxygen atoms in total. The molecule has 1 heterocycles. The fourth-order valence-corrected chi connectivity index (χ4v) is 3.36. The van der Waals surface area contributed by atoms with Gasteiger partial charge < -0.3 is 14.8 Å². The summed E-state index contributed by atoms with van der Waals surface area (Å²) in [6.07, 6.45) is 4.47. The van der Waals surface area contributed by atoms with Crippen molar-refractivity contribution in [2.45, 2.75) is 32.6 Å². The van der Waals surface area contributed by atoms with Gasteiger partial charge in [-0.15, -0.1) is 0 Å². The number of hydrogen-bond acceptors (Lipinski definition) is 3. The van der Waals surface area contributed by atoms with Crippen LogP contribution in [0.1, 0.15) is 31.7 Å². The van der Waals surface area contributed by atoms with E-state index in [9.17, 15) is 0 Å². The smallest absolute Gasteiger partial charge is 0.119 e. The standard InChI is InChI=1S/C17H26BrNO2/c1-3-8-19-13-17(6-9-21-10-7-17)12-14-11-15(20-2)4-5-16(14)18/h4-5,11,19H,3,6-10,12-13H2,1-2H3. The molecule has 0 radical (unpaired) electrons. The van der Waals surface area contributed by atoms with E-state index in [4.69, 9.17) is 9.47 Å². The predicted octanol–water partition coefficient (Wildman–Crippen LogP) is 3.80. The van der Waals surface area contributed by atoms with E-state index in [1.807, 2.05) is 6.07 Å². The second-order valence-corrected chi connectivity index (χ2v) is 6.78. The second kappa shape index (κ2) is 8.16. The van der Waals surface area contributed by atoms with E-state index in [0.717, 1.165) is 51.3 Å². The van der Waals surface area contributed by atoms with Crippen molar-refractivity contribution in [1.82, 2.24) is 5.32 Å². The van der Waals surface area contributed by atoms with Crippen LogP contribution in [-0.4, -0.2) is 33.4 Å². The van der Waals surface area contributed by atoms with E-state index >= 15 is 0 Å². The third kappa shape index (κ3) is 4.70. The summed E-state index contributed by atoms with van der Waals surface area (Å²) in [4.78, 5) is 0. The van der Waals surface area contributed by atoms with Crippen LogP contribution in [0.3, 0.4) is 0 Å². The summed E-state index contributed by atoms with van der Waals surface area (Å²) in [5.74, 6) is 0.928. The van der Waals surface area contributed by atoms with Gasteiger partial charge in [0.05, 0.1) is 7.11 Å². The highest BCUT2D eigenvalue weighted by molar-refractivity contribution is 9.10. The first-order chi connectivity index (χ1) is 10.2. The van der Waals surface area contributed by atoms with Gasteiger partial charge in [0.15, 0.2) is 0 Å². The van der Waals surface area contributed by atoms with Crippen LogP contribution in [0, 0.1) is 5.41 Å². The fraction of sp³-hybridized carbons (Fsp3) is 0.647. The van der Waals surface area contributed by atoms with Crippen molar-refractivity contribution in [3.8, 4) is 5.75 Å². The van der Waals surface area contributed by atoms with Crippen molar-refractivity contribution in [1.29, 1.82) is 0 Å². The number of benzene rings is 1. The van der Waals surface area contributed by atoms with E-state index in [1.54, 1.807) is 7.11 Å². The maximum absolute atomic E-state index is 5.58. The lowest BCUT2D eigenvalue weighted by Crippen LogP contribution is -2.41. The molecule has 1 fully saturated rings. The number of hydrogen-bond donors (Lipinski definition) is 1. The molecule has 2 rings (SSSR count). The highest BCUT2D eigenvalue weighted by Crippen LogP contribution is 2.36. The van der Waals surface area contributed by atoms with Gasteiger partial charge in [0.1, 0.15) is 5.75 Å². The Morgan fingerprint density at radius 3 is 2.76 bits per heavy atom. The summed E-state index contributed by atoms with van der Waals surface area (Å²) >= 11 is 3.69. The maximum atomic E-state index is 5.58. The van der Waals surface area contributed by atoms with Crippen molar-refractivity contribution >= 4 is 15.9 Å². The summed E-state index contributed by atoms with van der Waals surface area (Å²) in [6, 6.07) is 6.24. The molecular weight excluding hydrogens is 330 g/mol. The zero-order valence-corrected chi connectivity index (χ0v) is 14.7. The Kier molecular flexibility index (Phi) is 6.52. The molecule has 0 aromatic heterocycles. The lowest BCUT2D eigenvalue weighted by molar-refractivity contribution is 0.0149. The van der Waals surface area contributed by atoms with Gasteiger partial charge in [-0.1, -0.05) is 22.9 Å². The molecule has 1 aromatic carbocycles. The molecule has 0 spiro atoms. The lowest BCUT2D eigenvalue weighted by Gasteiger charge is -2.38. The molecule has 0 saturated carbocycles.